The maximum atomic E-state index is 15.1. The molecule has 6 nitrogen and oxygen atoms in total. The molecule has 0 spiro atoms. The van der Waals surface area contributed by atoms with Gasteiger partial charge in [-0.15, -0.1) is 0 Å². The van der Waals surface area contributed by atoms with E-state index in [0.29, 0.717) is 48.4 Å². The molecule has 3 fully saturated rings. The lowest BCUT2D eigenvalue weighted by Gasteiger charge is -2.40. The predicted molar refractivity (Wildman–Crippen MR) is 113 cm³/mol. The number of hydrogen-bond donors (Lipinski definition) is 0. The summed E-state index contributed by atoms with van der Waals surface area (Å²) in [7, 11) is 1.43. The topological polar surface area (TPSA) is 58.6 Å². The first-order valence-corrected chi connectivity index (χ1v) is 11.7. The molecule has 4 aliphatic rings. The first-order chi connectivity index (χ1) is 14.8. The third-order valence-corrected chi connectivity index (χ3v) is 8.39. The van der Waals surface area contributed by atoms with Crippen LogP contribution in [-0.4, -0.2) is 48.7 Å². The van der Waals surface area contributed by atoms with Crippen LogP contribution in [0.2, 0.25) is 0 Å². The number of esters is 1. The molecule has 0 radical (unpaired) electrons. The van der Waals surface area contributed by atoms with E-state index in [4.69, 9.17) is 9.72 Å². The van der Waals surface area contributed by atoms with Crippen molar-refractivity contribution in [2.75, 3.05) is 36.5 Å². The van der Waals surface area contributed by atoms with Gasteiger partial charge in [-0.05, 0) is 56.3 Å². The van der Waals surface area contributed by atoms with Gasteiger partial charge in [0.1, 0.15) is 11.5 Å². The first-order valence-electron chi connectivity index (χ1n) is 11.7. The van der Waals surface area contributed by atoms with Gasteiger partial charge in [-0.25, -0.2) is 4.98 Å². The summed E-state index contributed by atoms with van der Waals surface area (Å²) in [6, 6.07) is 0.281. The van der Waals surface area contributed by atoms with Crippen molar-refractivity contribution in [3.05, 3.63) is 11.3 Å². The molecule has 2 saturated heterocycles. The number of piperidine rings is 1. The summed E-state index contributed by atoms with van der Waals surface area (Å²) in [6.45, 7) is 6.59. The normalized spacial score (nSPS) is 33.3. The number of nitrogens with zero attached hydrogens (tertiary/aromatic N) is 4. The largest absolute Gasteiger partial charge is 0.469 e. The average Bonchev–Trinajstić information content (AvgIpc) is 3.18. The van der Waals surface area contributed by atoms with E-state index in [1.807, 2.05) is 4.90 Å². The molecule has 1 saturated carbocycles. The molecule has 3 heterocycles. The summed E-state index contributed by atoms with van der Waals surface area (Å²) in [5, 5.41) is 0. The Labute approximate surface area is 182 Å². The highest BCUT2D eigenvalue weighted by Crippen LogP contribution is 2.67. The Morgan fingerprint density at radius 2 is 2.10 bits per heavy atom. The molecular weight excluding hydrogens is 402 g/mol. The number of anilines is 2. The molecule has 0 aromatic carbocycles. The smallest absolute Gasteiger partial charge is 0.305 e. The van der Waals surface area contributed by atoms with Gasteiger partial charge in [0.2, 0.25) is 5.95 Å². The molecule has 2 aliphatic heterocycles. The van der Waals surface area contributed by atoms with Gasteiger partial charge in [0.25, 0.3) is 5.92 Å². The Bertz CT molecular complexity index is 895. The summed E-state index contributed by atoms with van der Waals surface area (Å²) >= 11 is 0. The van der Waals surface area contributed by atoms with Gasteiger partial charge in [-0.1, -0.05) is 6.92 Å². The lowest BCUT2D eigenvalue weighted by Crippen LogP contribution is -2.47. The monoisotopic (exact) mass is 434 g/mol. The van der Waals surface area contributed by atoms with E-state index in [1.165, 1.54) is 7.11 Å². The van der Waals surface area contributed by atoms with Gasteiger partial charge in [0, 0.05) is 44.1 Å². The zero-order valence-electron chi connectivity index (χ0n) is 18.7. The Kier molecular flexibility index (Phi) is 4.90. The molecule has 0 N–H and O–H groups in total. The summed E-state index contributed by atoms with van der Waals surface area (Å²) in [5.41, 5.74) is 0.640. The lowest BCUT2D eigenvalue weighted by molar-refractivity contribution is -0.141. The van der Waals surface area contributed by atoms with E-state index in [2.05, 4.69) is 23.7 Å². The minimum absolute atomic E-state index is 0.0543. The van der Waals surface area contributed by atoms with Crippen LogP contribution >= 0.6 is 0 Å². The van der Waals surface area contributed by atoms with Crippen LogP contribution in [0, 0.1) is 17.3 Å². The molecular formula is C23H32F2N4O2. The van der Waals surface area contributed by atoms with Crippen molar-refractivity contribution in [1.29, 1.82) is 0 Å². The second kappa shape index (κ2) is 7.27. The third-order valence-electron chi connectivity index (χ3n) is 8.39. The van der Waals surface area contributed by atoms with Gasteiger partial charge in [-0.3, -0.25) is 4.79 Å². The minimum Gasteiger partial charge on any atom is -0.469 e. The van der Waals surface area contributed by atoms with Crippen LogP contribution in [0.5, 0.6) is 0 Å². The van der Waals surface area contributed by atoms with Gasteiger partial charge < -0.3 is 14.5 Å². The Morgan fingerprint density at radius 3 is 2.71 bits per heavy atom. The Morgan fingerprint density at radius 1 is 1.29 bits per heavy atom. The number of alkyl halides is 2. The number of hydrogen-bond acceptors (Lipinski definition) is 6. The molecule has 170 valence electrons. The number of carbonyl (C=O) groups excluding carboxylic acids is 1. The fourth-order valence-electron chi connectivity index (χ4n) is 6.24. The highest BCUT2D eigenvalue weighted by molar-refractivity contribution is 5.70. The summed E-state index contributed by atoms with van der Waals surface area (Å²) in [5.74, 6) is -1.21. The van der Waals surface area contributed by atoms with Gasteiger partial charge in [-0.2, -0.15) is 13.8 Å². The fourth-order valence-corrected chi connectivity index (χ4v) is 6.24. The van der Waals surface area contributed by atoms with Crippen LogP contribution in [0.1, 0.15) is 63.6 Å². The number of halogens is 2. The molecule has 31 heavy (non-hydrogen) atoms. The van der Waals surface area contributed by atoms with Gasteiger partial charge >= 0.3 is 5.97 Å². The third kappa shape index (κ3) is 3.20. The standard InChI is InChI=1S/C23H32F2N4O2/c1-4-22-13-28(12-17(22)16(22)11-18(30)31-3)20-15-7-5-6-9-23(24,25)19(15)26-21(27-20)29-10-8-14(29)2/h14,16-17H,4-13H2,1-3H3/t14-,16+,17+,22-/m0/s1. The van der Waals surface area contributed by atoms with Crippen LogP contribution in [0.4, 0.5) is 20.5 Å². The average molecular weight is 435 g/mol. The molecule has 0 unspecified atom stereocenters. The SMILES string of the molecule is CC[C@@]12CN(c3nc(N4CC[C@@H]4C)nc4c3CCCCC4(F)F)C[C@@H]1[C@H]2CC(=O)OC. The number of ether oxygens (including phenoxy) is 1. The number of carbonyl (C=O) groups is 1. The molecule has 2 aliphatic carbocycles. The minimum atomic E-state index is -2.91. The van der Waals surface area contributed by atoms with E-state index in [1.54, 1.807) is 0 Å². The number of fused-ring (bicyclic) bond motifs is 2. The summed E-state index contributed by atoms with van der Waals surface area (Å²) in [6.07, 6.45) is 4.14. The number of rotatable bonds is 5. The molecule has 1 aromatic rings. The van der Waals surface area contributed by atoms with E-state index in [-0.39, 0.29) is 29.5 Å². The maximum Gasteiger partial charge on any atom is 0.305 e. The van der Waals surface area contributed by atoms with Crippen LogP contribution in [0.3, 0.4) is 0 Å². The Hall–Kier alpha value is -1.99. The van der Waals surface area contributed by atoms with Crippen LogP contribution in [0.25, 0.3) is 0 Å². The molecule has 5 rings (SSSR count). The van der Waals surface area contributed by atoms with Crippen LogP contribution < -0.4 is 9.80 Å². The summed E-state index contributed by atoms with van der Waals surface area (Å²) < 4.78 is 35.0. The van der Waals surface area contributed by atoms with E-state index in [0.717, 1.165) is 38.9 Å². The zero-order valence-corrected chi connectivity index (χ0v) is 18.7. The highest BCUT2D eigenvalue weighted by Gasteiger charge is 2.68. The number of aromatic nitrogens is 2. The van der Waals surface area contributed by atoms with Crippen molar-refractivity contribution in [3.63, 3.8) is 0 Å². The number of methoxy groups -OCH3 is 1. The first kappa shape index (κ1) is 20.9. The molecule has 1 aromatic heterocycles. The van der Waals surface area contributed by atoms with Crippen molar-refractivity contribution >= 4 is 17.7 Å². The fraction of sp³-hybridized carbons (Fsp3) is 0.783. The van der Waals surface area contributed by atoms with Gasteiger partial charge in [0.15, 0.2) is 0 Å². The highest BCUT2D eigenvalue weighted by atomic mass is 19.3. The van der Waals surface area contributed by atoms with Gasteiger partial charge in [0.05, 0.1) is 7.11 Å². The molecule has 4 atom stereocenters. The molecule has 0 bridgehead atoms. The van der Waals surface area contributed by atoms with E-state index < -0.39 is 5.92 Å². The van der Waals surface area contributed by atoms with Crippen molar-refractivity contribution in [2.24, 2.45) is 17.3 Å². The van der Waals surface area contributed by atoms with Crippen LogP contribution in [-0.2, 0) is 21.9 Å². The second-order valence-corrected chi connectivity index (χ2v) is 9.88. The lowest BCUT2D eigenvalue weighted by atomic mass is 9.98. The van der Waals surface area contributed by atoms with Crippen molar-refractivity contribution in [3.8, 4) is 0 Å². The quantitative estimate of drug-likeness (QED) is 0.517. The van der Waals surface area contributed by atoms with Crippen molar-refractivity contribution < 1.29 is 18.3 Å². The maximum absolute atomic E-state index is 15.1. The molecule has 0 amide bonds. The van der Waals surface area contributed by atoms with Crippen molar-refractivity contribution in [1.82, 2.24) is 9.97 Å². The van der Waals surface area contributed by atoms with Crippen LogP contribution in [0.15, 0.2) is 0 Å². The summed E-state index contributed by atoms with van der Waals surface area (Å²) in [4.78, 5) is 25.4. The molecule has 8 heteroatoms. The zero-order chi connectivity index (χ0) is 22.0. The second-order valence-electron chi connectivity index (χ2n) is 9.88. The van der Waals surface area contributed by atoms with E-state index >= 15 is 8.78 Å². The van der Waals surface area contributed by atoms with E-state index in [9.17, 15) is 4.79 Å². The predicted octanol–water partition coefficient (Wildman–Crippen LogP) is 3.92. The Balaban J connectivity index is 1.50. The van der Waals surface area contributed by atoms with Crippen molar-refractivity contribution in [2.45, 2.75) is 70.8 Å².